The van der Waals surface area contributed by atoms with Crippen LogP contribution in [0.2, 0.25) is 25.7 Å². The van der Waals surface area contributed by atoms with Crippen molar-refractivity contribution in [2.45, 2.75) is 52.0 Å². The third kappa shape index (κ3) is 6.68. The van der Waals surface area contributed by atoms with Crippen LogP contribution in [0.25, 0.3) is 0 Å². The zero-order chi connectivity index (χ0) is 23.4. The van der Waals surface area contributed by atoms with E-state index in [0.29, 0.717) is 6.04 Å². The van der Waals surface area contributed by atoms with Gasteiger partial charge >= 0.3 is 12.1 Å². The van der Waals surface area contributed by atoms with Crippen LogP contribution in [0, 0.1) is 35.0 Å². The van der Waals surface area contributed by atoms with E-state index in [1.807, 2.05) is 0 Å². The SMILES string of the molecule is CC(C)C[C@@H](C(=O)Oc1c(F)c(F)c(F)c(F)c1F)N(C)C(=O)OCC[Si](C)(C)C. The van der Waals surface area contributed by atoms with Gasteiger partial charge in [0.2, 0.25) is 34.8 Å². The Morgan fingerprint density at radius 3 is 1.83 bits per heavy atom. The highest BCUT2D eigenvalue weighted by molar-refractivity contribution is 6.76. The van der Waals surface area contributed by atoms with Gasteiger partial charge in [-0.25, -0.2) is 22.8 Å². The minimum Gasteiger partial charge on any atom is -0.450 e. The van der Waals surface area contributed by atoms with Crippen molar-refractivity contribution in [2.24, 2.45) is 5.92 Å². The fraction of sp³-hybridized carbons (Fsp3) is 0.579. The molecule has 0 aliphatic rings. The summed E-state index contributed by atoms with van der Waals surface area (Å²) >= 11 is 0. The number of hydrogen-bond acceptors (Lipinski definition) is 4. The molecule has 0 radical (unpaired) electrons. The lowest BCUT2D eigenvalue weighted by Gasteiger charge is -2.27. The quantitative estimate of drug-likeness (QED) is 0.137. The molecule has 170 valence electrons. The Morgan fingerprint density at radius 1 is 0.933 bits per heavy atom. The fourth-order valence-electron chi connectivity index (χ4n) is 2.38. The number of ether oxygens (including phenoxy) is 2. The molecule has 0 saturated carbocycles. The van der Waals surface area contributed by atoms with Gasteiger partial charge in [-0.15, -0.1) is 0 Å². The largest absolute Gasteiger partial charge is 0.450 e. The Bertz CT molecular complexity index is 769. The Kier molecular flexibility index (Phi) is 8.82. The molecular weight excluding hydrogens is 429 g/mol. The molecule has 0 bridgehead atoms. The molecule has 1 aromatic carbocycles. The van der Waals surface area contributed by atoms with Crippen LogP contribution in [-0.4, -0.2) is 44.7 Å². The molecule has 1 aromatic rings. The number of esters is 1. The number of likely N-dealkylation sites (N-methyl/N-ethyl adjacent to an activating group) is 1. The van der Waals surface area contributed by atoms with Crippen molar-refractivity contribution < 1.29 is 41.0 Å². The van der Waals surface area contributed by atoms with E-state index in [2.05, 4.69) is 24.4 Å². The lowest BCUT2D eigenvalue weighted by Crippen LogP contribution is -2.45. The van der Waals surface area contributed by atoms with Gasteiger partial charge in [0.15, 0.2) is 0 Å². The first kappa shape index (κ1) is 25.9. The van der Waals surface area contributed by atoms with Crippen LogP contribution >= 0.6 is 0 Å². The Labute approximate surface area is 173 Å². The van der Waals surface area contributed by atoms with E-state index in [-0.39, 0.29) is 18.9 Å². The summed E-state index contributed by atoms with van der Waals surface area (Å²) in [4.78, 5) is 25.7. The molecule has 0 N–H and O–H groups in total. The highest BCUT2D eigenvalue weighted by Gasteiger charge is 2.34. The maximum absolute atomic E-state index is 13.8. The van der Waals surface area contributed by atoms with Gasteiger partial charge in [-0.3, -0.25) is 4.90 Å². The Morgan fingerprint density at radius 2 is 1.40 bits per heavy atom. The van der Waals surface area contributed by atoms with E-state index in [4.69, 9.17) is 4.74 Å². The molecule has 1 amide bonds. The molecule has 0 aliphatic carbocycles. The monoisotopic (exact) mass is 455 g/mol. The lowest BCUT2D eigenvalue weighted by molar-refractivity contribution is -0.140. The summed E-state index contributed by atoms with van der Waals surface area (Å²) in [5, 5.41) is 0. The number of hydrogen-bond donors (Lipinski definition) is 0. The van der Waals surface area contributed by atoms with Crippen LogP contribution < -0.4 is 4.74 Å². The van der Waals surface area contributed by atoms with Gasteiger partial charge in [-0.1, -0.05) is 33.5 Å². The molecule has 11 heteroatoms. The van der Waals surface area contributed by atoms with Crippen molar-refractivity contribution in [3.63, 3.8) is 0 Å². The Balaban J connectivity index is 3.07. The predicted octanol–water partition coefficient (Wildman–Crippen LogP) is 5.11. The second kappa shape index (κ2) is 10.2. The average Bonchev–Trinajstić information content (AvgIpc) is 2.64. The molecule has 1 rings (SSSR count). The standard InChI is InChI=1S/C19H26F5NO4Si/c1-10(2)9-11(25(3)19(27)28-7-8-30(4,5)6)18(26)29-17-15(23)13(21)12(20)14(22)16(17)24/h10-11H,7-9H2,1-6H3/t11-/m0/s1. The van der Waals surface area contributed by atoms with Crippen molar-refractivity contribution in [3.05, 3.63) is 29.1 Å². The first-order chi connectivity index (χ1) is 13.7. The van der Waals surface area contributed by atoms with Crippen molar-refractivity contribution in [3.8, 4) is 5.75 Å². The molecule has 0 fully saturated rings. The average molecular weight is 455 g/mol. The normalized spacial score (nSPS) is 12.7. The number of nitrogens with zero attached hydrogens (tertiary/aromatic N) is 1. The Hall–Kier alpha value is -2.17. The topological polar surface area (TPSA) is 55.8 Å². The predicted molar refractivity (Wildman–Crippen MR) is 102 cm³/mol. The van der Waals surface area contributed by atoms with Crippen molar-refractivity contribution in [2.75, 3.05) is 13.7 Å². The molecule has 1 atom stereocenters. The van der Waals surface area contributed by atoms with E-state index < -0.39 is 61.0 Å². The van der Waals surface area contributed by atoms with Crippen molar-refractivity contribution in [1.29, 1.82) is 0 Å². The highest BCUT2D eigenvalue weighted by atomic mass is 28.3. The number of carbonyl (C=O) groups excluding carboxylic acids is 2. The van der Waals surface area contributed by atoms with Crippen LogP contribution in [0.5, 0.6) is 5.75 Å². The van der Waals surface area contributed by atoms with Crippen LogP contribution in [0.15, 0.2) is 0 Å². The summed E-state index contributed by atoms with van der Waals surface area (Å²) in [5.41, 5.74) is 0. The van der Waals surface area contributed by atoms with E-state index in [1.165, 1.54) is 7.05 Å². The van der Waals surface area contributed by atoms with Gasteiger partial charge < -0.3 is 9.47 Å². The number of carbonyl (C=O) groups is 2. The van der Waals surface area contributed by atoms with Gasteiger partial charge in [-0.2, -0.15) is 8.78 Å². The van der Waals surface area contributed by atoms with Crippen molar-refractivity contribution in [1.82, 2.24) is 4.90 Å². The number of amides is 1. The summed E-state index contributed by atoms with van der Waals surface area (Å²) < 4.78 is 77.2. The molecule has 5 nitrogen and oxygen atoms in total. The maximum Gasteiger partial charge on any atom is 0.410 e. The van der Waals surface area contributed by atoms with Crippen LogP contribution in [0.4, 0.5) is 26.7 Å². The third-order valence-corrected chi connectivity index (χ3v) is 5.88. The van der Waals surface area contributed by atoms with Crippen LogP contribution in [0.1, 0.15) is 20.3 Å². The van der Waals surface area contributed by atoms with Gasteiger partial charge in [0.25, 0.3) is 0 Å². The van der Waals surface area contributed by atoms with Crippen LogP contribution in [-0.2, 0) is 9.53 Å². The molecule has 0 unspecified atom stereocenters. The van der Waals surface area contributed by atoms with Gasteiger partial charge in [0.1, 0.15) is 6.04 Å². The van der Waals surface area contributed by atoms with E-state index in [0.717, 1.165) is 4.90 Å². The van der Waals surface area contributed by atoms with Gasteiger partial charge in [0.05, 0.1) is 6.61 Å². The zero-order valence-corrected chi connectivity index (χ0v) is 18.7. The second-order valence-corrected chi connectivity index (χ2v) is 14.1. The number of rotatable bonds is 8. The fourth-order valence-corrected chi connectivity index (χ4v) is 3.09. The van der Waals surface area contributed by atoms with Crippen molar-refractivity contribution >= 4 is 20.1 Å². The molecular formula is C19H26F5NO4Si. The molecule has 0 saturated heterocycles. The molecule has 0 heterocycles. The second-order valence-electron chi connectivity index (χ2n) is 8.50. The summed E-state index contributed by atoms with van der Waals surface area (Å²) in [6.07, 6.45) is -0.860. The smallest absolute Gasteiger partial charge is 0.410 e. The summed E-state index contributed by atoms with van der Waals surface area (Å²) in [6, 6.07) is -0.685. The molecule has 0 spiro atoms. The number of benzene rings is 1. The van der Waals surface area contributed by atoms with Gasteiger partial charge in [0, 0.05) is 15.1 Å². The zero-order valence-electron chi connectivity index (χ0n) is 17.7. The summed E-state index contributed by atoms with van der Waals surface area (Å²) in [6.45, 7) is 9.78. The molecule has 30 heavy (non-hydrogen) atoms. The lowest BCUT2D eigenvalue weighted by atomic mass is 10.0. The number of halogens is 5. The molecule has 0 aromatic heterocycles. The third-order valence-electron chi connectivity index (χ3n) is 4.17. The highest BCUT2D eigenvalue weighted by Crippen LogP contribution is 2.30. The van der Waals surface area contributed by atoms with E-state index in [9.17, 15) is 31.5 Å². The minimum atomic E-state index is -2.37. The van der Waals surface area contributed by atoms with E-state index >= 15 is 0 Å². The summed E-state index contributed by atoms with van der Waals surface area (Å²) in [7, 11) is -0.260. The summed E-state index contributed by atoms with van der Waals surface area (Å²) in [5.74, 6) is -14.6. The minimum absolute atomic E-state index is 0.00779. The maximum atomic E-state index is 13.8. The van der Waals surface area contributed by atoms with Gasteiger partial charge in [-0.05, 0) is 18.4 Å². The van der Waals surface area contributed by atoms with E-state index in [1.54, 1.807) is 13.8 Å². The van der Waals surface area contributed by atoms with Crippen LogP contribution in [0.3, 0.4) is 0 Å². The molecule has 0 aliphatic heterocycles. The first-order valence-corrected chi connectivity index (χ1v) is 13.0. The first-order valence-electron chi connectivity index (χ1n) is 9.30.